The first kappa shape index (κ1) is 20.2. The summed E-state index contributed by atoms with van der Waals surface area (Å²) in [6, 6.07) is 14.9. The minimum absolute atomic E-state index is 0.00793. The SMILES string of the molecule is CC1CCN(Cc2ccc(C(=O)NC(C)c3ccc4c(c3)CCCC4)cc2)CC1. The van der Waals surface area contributed by atoms with E-state index < -0.39 is 0 Å². The predicted molar refractivity (Wildman–Crippen MR) is 119 cm³/mol. The molecular weight excluding hydrogens is 356 g/mol. The van der Waals surface area contributed by atoms with Crippen molar-refractivity contribution in [3.8, 4) is 0 Å². The van der Waals surface area contributed by atoms with E-state index in [9.17, 15) is 4.79 Å². The fraction of sp³-hybridized carbons (Fsp3) is 0.500. The number of fused-ring (bicyclic) bond motifs is 1. The van der Waals surface area contributed by atoms with Crippen molar-refractivity contribution < 1.29 is 4.79 Å². The lowest BCUT2D eigenvalue weighted by Crippen LogP contribution is -2.32. The molecule has 1 N–H and O–H groups in total. The molecule has 3 nitrogen and oxygen atoms in total. The van der Waals surface area contributed by atoms with Crippen LogP contribution in [0.2, 0.25) is 0 Å². The lowest BCUT2D eigenvalue weighted by atomic mass is 9.89. The predicted octanol–water partition coefficient (Wildman–Crippen LogP) is 5.29. The highest BCUT2D eigenvalue weighted by molar-refractivity contribution is 5.94. The number of hydrogen-bond donors (Lipinski definition) is 1. The molecule has 2 aliphatic rings. The number of nitrogens with zero attached hydrogens (tertiary/aromatic N) is 1. The Kier molecular flexibility index (Phi) is 6.34. The van der Waals surface area contributed by atoms with Crippen LogP contribution in [0.5, 0.6) is 0 Å². The van der Waals surface area contributed by atoms with Gasteiger partial charge in [-0.2, -0.15) is 0 Å². The Morgan fingerprint density at radius 1 is 1.03 bits per heavy atom. The van der Waals surface area contributed by atoms with Gasteiger partial charge in [0.1, 0.15) is 0 Å². The van der Waals surface area contributed by atoms with Crippen molar-refractivity contribution in [1.29, 1.82) is 0 Å². The zero-order chi connectivity index (χ0) is 20.2. The number of nitrogens with one attached hydrogen (secondary N) is 1. The molecule has 2 aromatic rings. The van der Waals surface area contributed by atoms with Crippen molar-refractivity contribution in [2.24, 2.45) is 5.92 Å². The highest BCUT2D eigenvalue weighted by atomic mass is 16.1. The minimum atomic E-state index is 0.00793. The number of carbonyl (C=O) groups is 1. The van der Waals surface area contributed by atoms with E-state index in [2.05, 4.69) is 54.4 Å². The molecule has 0 saturated carbocycles. The zero-order valence-corrected chi connectivity index (χ0v) is 17.9. The lowest BCUT2D eigenvalue weighted by molar-refractivity contribution is 0.0940. The standard InChI is InChI=1S/C26H34N2O/c1-19-13-15-28(16-14-19)18-21-7-9-23(10-8-21)26(29)27-20(2)24-12-11-22-5-3-4-6-25(22)17-24/h7-12,17,19-20H,3-6,13-16,18H2,1-2H3,(H,27,29). The third-order valence-corrected chi connectivity index (χ3v) is 6.72. The molecule has 1 amide bonds. The maximum absolute atomic E-state index is 12.7. The van der Waals surface area contributed by atoms with Crippen molar-refractivity contribution in [2.45, 2.75) is 65.0 Å². The maximum atomic E-state index is 12.7. The van der Waals surface area contributed by atoms with Crippen LogP contribution in [0.3, 0.4) is 0 Å². The summed E-state index contributed by atoms with van der Waals surface area (Å²) in [5.74, 6) is 0.864. The number of piperidine rings is 1. The summed E-state index contributed by atoms with van der Waals surface area (Å²) in [7, 11) is 0. The largest absolute Gasteiger partial charge is 0.346 e. The van der Waals surface area contributed by atoms with E-state index in [1.165, 1.54) is 73.9 Å². The molecule has 4 rings (SSSR count). The van der Waals surface area contributed by atoms with E-state index in [1.54, 1.807) is 0 Å². The Morgan fingerprint density at radius 3 is 2.45 bits per heavy atom. The molecule has 0 spiro atoms. The smallest absolute Gasteiger partial charge is 0.251 e. The molecule has 0 bridgehead atoms. The number of carbonyl (C=O) groups excluding carboxylic acids is 1. The summed E-state index contributed by atoms with van der Waals surface area (Å²) in [6.07, 6.45) is 7.52. The van der Waals surface area contributed by atoms with E-state index in [-0.39, 0.29) is 11.9 Å². The van der Waals surface area contributed by atoms with Crippen LogP contribution in [-0.4, -0.2) is 23.9 Å². The summed E-state index contributed by atoms with van der Waals surface area (Å²) < 4.78 is 0. The van der Waals surface area contributed by atoms with Gasteiger partial charge < -0.3 is 5.32 Å². The lowest BCUT2D eigenvalue weighted by Gasteiger charge is -2.30. The van der Waals surface area contributed by atoms with Crippen LogP contribution in [0.25, 0.3) is 0 Å². The maximum Gasteiger partial charge on any atom is 0.251 e. The Hall–Kier alpha value is -2.13. The molecule has 1 saturated heterocycles. The second-order valence-corrected chi connectivity index (χ2v) is 9.09. The first-order valence-electron chi connectivity index (χ1n) is 11.3. The fourth-order valence-corrected chi connectivity index (χ4v) is 4.63. The highest BCUT2D eigenvalue weighted by Crippen LogP contribution is 2.25. The first-order chi connectivity index (χ1) is 14.1. The quantitative estimate of drug-likeness (QED) is 0.752. The van der Waals surface area contributed by atoms with Crippen LogP contribution < -0.4 is 5.32 Å². The third-order valence-electron chi connectivity index (χ3n) is 6.72. The van der Waals surface area contributed by atoms with Crippen LogP contribution in [-0.2, 0) is 19.4 Å². The molecule has 1 aliphatic heterocycles. The van der Waals surface area contributed by atoms with Gasteiger partial charge in [0.25, 0.3) is 5.91 Å². The highest BCUT2D eigenvalue weighted by Gasteiger charge is 2.17. The molecule has 1 heterocycles. The van der Waals surface area contributed by atoms with Crippen LogP contribution in [0.1, 0.15) is 78.2 Å². The summed E-state index contributed by atoms with van der Waals surface area (Å²) >= 11 is 0. The van der Waals surface area contributed by atoms with Gasteiger partial charge in [-0.05, 0) is 98.8 Å². The monoisotopic (exact) mass is 390 g/mol. The molecule has 1 fully saturated rings. The van der Waals surface area contributed by atoms with Crippen LogP contribution >= 0.6 is 0 Å². The van der Waals surface area contributed by atoms with E-state index >= 15 is 0 Å². The number of benzene rings is 2. The summed E-state index contributed by atoms with van der Waals surface area (Å²) in [4.78, 5) is 15.3. The van der Waals surface area contributed by atoms with Gasteiger partial charge in [0.15, 0.2) is 0 Å². The fourth-order valence-electron chi connectivity index (χ4n) is 4.63. The van der Waals surface area contributed by atoms with Crippen molar-refractivity contribution in [3.63, 3.8) is 0 Å². The van der Waals surface area contributed by atoms with Gasteiger partial charge in [0, 0.05) is 12.1 Å². The number of rotatable bonds is 5. The van der Waals surface area contributed by atoms with E-state index in [4.69, 9.17) is 0 Å². The van der Waals surface area contributed by atoms with Gasteiger partial charge in [-0.1, -0.05) is 37.3 Å². The zero-order valence-electron chi connectivity index (χ0n) is 17.9. The Labute approximate surface area is 175 Å². The summed E-state index contributed by atoms with van der Waals surface area (Å²) in [5, 5.41) is 3.18. The molecular formula is C26H34N2O. The molecule has 1 aliphatic carbocycles. The molecule has 2 aromatic carbocycles. The molecule has 154 valence electrons. The van der Waals surface area contributed by atoms with Crippen molar-refractivity contribution in [1.82, 2.24) is 10.2 Å². The molecule has 1 unspecified atom stereocenters. The number of aryl methyl sites for hydroxylation is 2. The average Bonchev–Trinajstić information content (AvgIpc) is 2.75. The van der Waals surface area contributed by atoms with Gasteiger partial charge in [-0.15, -0.1) is 0 Å². The molecule has 3 heteroatoms. The minimum Gasteiger partial charge on any atom is -0.346 e. The first-order valence-corrected chi connectivity index (χ1v) is 11.3. The average molecular weight is 391 g/mol. The van der Waals surface area contributed by atoms with Crippen molar-refractivity contribution in [2.75, 3.05) is 13.1 Å². The van der Waals surface area contributed by atoms with Crippen LogP contribution in [0.4, 0.5) is 0 Å². The molecule has 0 aromatic heterocycles. The van der Waals surface area contributed by atoms with E-state index in [0.717, 1.165) is 18.0 Å². The topological polar surface area (TPSA) is 32.3 Å². The number of hydrogen-bond acceptors (Lipinski definition) is 2. The van der Waals surface area contributed by atoms with Gasteiger partial charge in [-0.25, -0.2) is 0 Å². The normalized spacial score (nSPS) is 18.8. The van der Waals surface area contributed by atoms with Crippen LogP contribution in [0, 0.1) is 5.92 Å². The second kappa shape index (κ2) is 9.13. The second-order valence-electron chi connectivity index (χ2n) is 9.09. The molecule has 1 atom stereocenters. The van der Waals surface area contributed by atoms with E-state index in [0.29, 0.717) is 0 Å². The van der Waals surface area contributed by atoms with Gasteiger partial charge in [0.2, 0.25) is 0 Å². The van der Waals surface area contributed by atoms with Crippen molar-refractivity contribution in [3.05, 3.63) is 70.3 Å². The molecule has 29 heavy (non-hydrogen) atoms. The van der Waals surface area contributed by atoms with Crippen LogP contribution in [0.15, 0.2) is 42.5 Å². The van der Waals surface area contributed by atoms with Crippen molar-refractivity contribution >= 4 is 5.91 Å². The number of amides is 1. The van der Waals surface area contributed by atoms with E-state index in [1.807, 2.05) is 12.1 Å². The van der Waals surface area contributed by atoms with Gasteiger partial charge in [-0.3, -0.25) is 9.69 Å². The Bertz CT molecular complexity index is 834. The summed E-state index contributed by atoms with van der Waals surface area (Å²) in [5.41, 5.74) is 6.18. The summed E-state index contributed by atoms with van der Waals surface area (Å²) in [6.45, 7) is 7.77. The third kappa shape index (κ3) is 5.08. The number of likely N-dealkylation sites (tertiary alicyclic amines) is 1. The van der Waals surface area contributed by atoms with Gasteiger partial charge in [0.05, 0.1) is 6.04 Å². The molecule has 0 radical (unpaired) electrons. The van der Waals surface area contributed by atoms with Gasteiger partial charge >= 0.3 is 0 Å². The Morgan fingerprint density at radius 2 is 1.72 bits per heavy atom. The Balaban J connectivity index is 1.34.